The number of sulfonamides is 1. The lowest BCUT2D eigenvalue weighted by Gasteiger charge is -2.12. The van der Waals surface area contributed by atoms with E-state index in [2.05, 4.69) is 25.4 Å². The van der Waals surface area contributed by atoms with Gasteiger partial charge in [-0.15, -0.1) is 0 Å². The lowest BCUT2D eigenvalue weighted by molar-refractivity contribution is -0.153. The number of hydrogen-bond donors (Lipinski definition) is 1. The SMILES string of the molecule is COc1ccc(Br)cc1S(=O)(=O)NCc1ccc(OCC(F)(F)F)cc1. The van der Waals surface area contributed by atoms with Gasteiger partial charge >= 0.3 is 6.18 Å². The van der Waals surface area contributed by atoms with Crippen LogP contribution < -0.4 is 14.2 Å². The van der Waals surface area contributed by atoms with Gasteiger partial charge in [-0.3, -0.25) is 0 Å². The molecule has 10 heteroatoms. The Morgan fingerprint density at radius 2 is 1.77 bits per heavy atom. The van der Waals surface area contributed by atoms with Crippen LogP contribution >= 0.6 is 15.9 Å². The molecular formula is C16H15BrF3NO4S. The predicted molar refractivity (Wildman–Crippen MR) is 92.7 cm³/mol. The number of halogens is 4. The molecular weight excluding hydrogens is 439 g/mol. The minimum absolute atomic E-state index is 0.0282. The maximum absolute atomic E-state index is 12.5. The highest BCUT2D eigenvalue weighted by molar-refractivity contribution is 9.10. The first-order chi connectivity index (χ1) is 12.1. The van der Waals surface area contributed by atoms with Gasteiger partial charge in [0.05, 0.1) is 7.11 Å². The third kappa shape index (κ3) is 5.89. The standard InChI is InChI=1S/C16H15BrF3NO4S/c1-24-14-7-4-12(17)8-15(14)26(22,23)21-9-11-2-5-13(6-3-11)25-10-16(18,19)20/h2-8,21H,9-10H2,1H3. The number of nitrogens with one attached hydrogen (secondary N) is 1. The summed E-state index contributed by atoms with van der Waals surface area (Å²) < 4.78 is 73.9. The van der Waals surface area contributed by atoms with Crippen molar-refractivity contribution in [2.75, 3.05) is 13.7 Å². The van der Waals surface area contributed by atoms with E-state index in [0.717, 1.165) is 0 Å². The summed E-state index contributed by atoms with van der Waals surface area (Å²) >= 11 is 3.21. The Morgan fingerprint density at radius 1 is 1.12 bits per heavy atom. The van der Waals surface area contributed by atoms with Gasteiger partial charge in [0.2, 0.25) is 10.0 Å². The van der Waals surface area contributed by atoms with Crippen LogP contribution in [0.2, 0.25) is 0 Å². The van der Waals surface area contributed by atoms with Crippen molar-refractivity contribution in [1.29, 1.82) is 0 Å². The summed E-state index contributed by atoms with van der Waals surface area (Å²) in [6.45, 7) is -1.43. The van der Waals surface area contributed by atoms with Gasteiger partial charge in [-0.05, 0) is 35.9 Å². The Hall–Kier alpha value is -1.78. The highest BCUT2D eigenvalue weighted by Gasteiger charge is 2.28. The van der Waals surface area contributed by atoms with Crippen molar-refractivity contribution >= 4 is 26.0 Å². The second-order valence-electron chi connectivity index (χ2n) is 5.17. The van der Waals surface area contributed by atoms with Gasteiger partial charge in [0.25, 0.3) is 0 Å². The number of alkyl halides is 3. The molecule has 26 heavy (non-hydrogen) atoms. The molecule has 0 saturated carbocycles. The average Bonchev–Trinajstić information content (AvgIpc) is 2.58. The minimum Gasteiger partial charge on any atom is -0.495 e. The van der Waals surface area contributed by atoms with Crippen LogP contribution in [0.1, 0.15) is 5.56 Å². The smallest absolute Gasteiger partial charge is 0.422 e. The van der Waals surface area contributed by atoms with Gasteiger partial charge in [-0.25, -0.2) is 13.1 Å². The first kappa shape index (κ1) is 20.5. The number of ether oxygens (including phenoxy) is 2. The van der Waals surface area contributed by atoms with Gasteiger partial charge in [-0.1, -0.05) is 28.1 Å². The molecule has 142 valence electrons. The topological polar surface area (TPSA) is 64.6 Å². The largest absolute Gasteiger partial charge is 0.495 e. The van der Waals surface area contributed by atoms with E-state index in [1.807, 2.05) is 0 Å². The van der Waals surface area contributed by atoms with Crippen molar-refractivity contribution in [3.05, 3.63) is 52.5 Å². The summed E-state index contributed by atoms with van der Waals surface area (Å²) in [5.74, 6) is 0.235. The molecule has 0 saturated heterocycles. The molecule has 0 aliphatic rings. The summed E-state index contributed by atoms with van der Waals surface area (Å²) in [7, 11) is -2.49. The van der Waals surface area contributed by atoms with E-state index in [0.29, 0.717) is 10.0 Å². The van der Waals surface area contributed by atoms with Crippen molar-refractivity contribution in [2.45, 2.75) is 17.6 Å². The lowest BCUT2D eigenvalue weighted by Crippen LogP contribution is -2.23. The van der Waals surface area contributed by atoms with Crippen LogP contribution in [0.4, 0.5) is 13.2 Å². The molecule has 0 radical (unpaired) electrons. The fourth-order valence-electron chi connectivity index (χ4n) is 1.99. The fourth-order valence-corrected chi connectivity index (χ4v) is 3.71. The van der Waals surface area contributed by atoms with Crippen molar-refractivity contribution in [1.82, 2.24) is 4.72 Å². The Labute approximate surface area is 157 Å². The Bertz CT molecular complexity index is 855. The van der Waals surface area contributed by atoms with Gasteiger partial charge < -0.3 is 9.47 Å². The molecule has 0 bridgehead atoms. The molecule has 0 heterocycles. The van der Waals surface area contributed by atoms with Gasteiger partial charge in [-0.2, -0.15) is 13.2 Å². The van der Waals surface area contributed by atoms with Crippen molar-refractivity contribution < 1.29 is 31.1 Å². The molecule has 0 spiro atoms. The van der Waals surface area contributed by atoms with Crippen LogP contribution in [0.25, 0.3) is 0 Å². The number of benzene rings is 2. The molecule has 2 aromatic carbocycles. The summed E-state index contributed by atoms with van der Waals surface area (Å²) in [5, 5.41) is 0. The van der Waals surface area contributed by atoms with E-state index >= 15 is 0 Å². The highest BCUT2D eigenvalue weighted by atomic mass is 79.9. The highest BCUT2D eigenvalue weighted by Crippen LogP contribution is 2.27. The Kier molecular flexibility index (Phi) is 6.53. The third-order valence-electron chi connectivity index (χ3n) is 3.21. The Morgan fingerprint density at radius 3 is 2.35 bits per heavy atom. The van der Waals surface area contributed by atoms with Crippen molar-refractivity contribution in [3.8, 4) is 11.5 Å². The van der Waals surface area contributed by atoms with E-state index in [-0.39, 0.29) is 22.9 Å². The lowest BCUT2D eigenvalue weighted by atomic mass is 10.2. The quantitative estimate of drug-likeness (QED) is 0.690. The fraction of sp³-hybridized carbons (Fsp3) is 0.250. The summed E-state index contributed by atoms with van der Waals surface area (Å²) in [6.07, 6.45) is -4.42. The molecule has 0 aliphatic heterocycles. The second kappa shape index (κ2) is 8.28. The zero-order valence-electron chi connectivity index (χ0n) is 13.5. The van der Waals surface area contributed by atoms with E-state index in [1.54, 1.807) is 6.07 Å². The van der Waals surface area contributed by atoms with E-state index in [4.69, 9.17) is 4.74 Å². The third-order valence-corrected chi connectivity index (χ3v) is 5.12. The molecule has 0 aliphatic carbocycles. The molecule has 0 fully saturated rings. The molecule has 0 amide bonds. The molecule has 1 N–H and O–H groups in total. The zero-order chi connectivity index (χ0) is 19.4. The minimum atomic E-state index is -4.42. The van der Waals surface area contributed by atoms with Crippen LogP contribution in [0.15, 0.2) is 51.8 Å². The normalized spacial score (nSPS) is 12.0. The van der Waals surface area contributed by atoms with Gasteiger partial charge in [0.15, 0.2) is 6.61 Å². The van der Waals surface area contributed by atoms with Crippen LogP contribution in [0.3, 0.4) is 0 Å². The van der Waals surface area contributed by atoms with E-state index < -0.39 is 22.8 Å². The Balaban J connectivity index is 2.05. The molecule has 0 atom stereocenters. The molecule has 0 aromatic heterocycles. The summed E-state index contributed by atoms with van der Waals surface area (Å²) in [6, 6.07) is 10.2. The zero-order valence-corrected chi connectivity index (χ0v) is 15.9. The van der Waals surface area contributed by atoms with Gasteiger partial charge in [0.1, 0.15) is 16.4 Å². The first-order valence-corrected chi connectivity index (χ1v) is 9.50. The summed E-state index contributed by atoms with van der Waals surface area (Å²) in [5.41, 5.74) is 0.557. The molecule has 2 aromatic rings. The van der Waals surface area contributed by atoms with E-state index in [1.165, 1.54) is 43.5 Å². The van der Waals surface area contributed by atoms with Crippen molar-refractivity contribution in [3.63, 3.8) is 0 Å². The van der Waals surface area contributed by atoms with Gasteiger partial charge in [0, 0.05) is 11.0 Å². The van der Waals surface area contributed by atoms with Crippen LogP contribution in [-0.2, 0) is 16.6 Å². The predicted octanol–water partition coefficient (Wildman–Crippen LogP) is 3.88. The van der Waals surface area contributed by atoms with Crippen LogP contribution in [-0.4, -0.2) is 28.3 Å². The summed E-state index contributed by atoms with van der Waals surface area (Å²) in [4.78, 5) is -0.0282. The van der Waals surface area contributed by atoms with Crippen molar-refractivity contribution in [2.24, 2.45) is 0 Å². The second-order valence-corrected chi connectivity index (χ2v) is 7.82. The monoisotopic (exact) mass is 453 g/mol. The maximum Gasteiger partial charge on any atom is 0.422 e. The van der Waals surface area contributed by atoms with E-state index in [9.17, 15) is 21.6 Å². The average molecular weight is 454 g/mol. The number of hydrogen-bond acceptors (Lipinski definition) is 4. The first-order valence-electron chi connectivity index (χ1n) is 7.22. The molecule has 0 unspecified atom stereocenters. The van der Waals surface area contributed by atoms with Crippen LogP contribution in [0, 0.1) is 0 Å². The number of methoxy groups -OCH3 is 1. The maximum atomic E-state index is 12.5. The number of rotatable bonds is 7. The molecule has 5 nitrogen and oxygen atoms in total. The van der Waals surface area contributed by atoms with Crippen LogP contribution in [0.5, 0.6) is 11.5 Å². The molecule has 2 rings (SSSR count).